The van der Waals surface area contributed by atoms with Gasteiger partial charge in [-0.3, -0.25) is 10.5 Å². The molecule has 0 atom stereocenters. The Morgan fingerprint density at radius 1 is 0.950 bits per heavy atom. The van der Waals surface area contributed by atoms with Crippen LogP contribution in [0.2, 0.25) is 0 Å². The maximum atomic E-state index is 6.00. The zero-order valence-corrected chi connectivity index (χ0v) is 13.0. The van der Waals surface area contributed by atoms with Gasteiger partial charge in [0.05, 0.1) is 0 Å². The first-order valence-corrected chi connectivity index (χ1v) is 7.34. The second-order valence-electron chi connectivity index (χ2n) is 4.03. The van der Waals surface area contributed by atoms with E-state index >= 15 is 0 Å². The first-order chi connectivity index (χ1) is 9.72. The lowest BCUT2D eigenvalue weighted by atomic mass is 10.2. The number of benzene rings is 1. The van der Waals surface area contributed by atoms with Crippen molar-refractivity contribution in [2.45, 2.75) is 32.3 Å². The molecule has 0 spiro atoms. The minimum Gasteiger partial charge on any atom is -0.255 e. The Balaban J connectivity index is 0.000000327. The van der Waals surface area contributed by atoms with Gasteiger partial charge in [-0.15, -0.1) is 0 Å². The van der Waals surface area contributed by atoms with Crippen LogP contribution < -0.4 is 0 Å². The quantitative estimate of drug-likeness (QED) is 0.382. The molecule has 0 aliphatic carbocycles. The van der Waals surface area contributed by atoms with Crippen molar-refractivity contribution in [3.8, 4) is 0 Å². The predicted octanol–water partition coefficient (Wildman–Crippen LogP) is 4.30. The van der Waals surface area contributed by atoms with Gasteiger partial charge in [0.2, 0.25) is 0 Å². The number of aryl methyl sites for hydroxylation is 2. The van der Waals surface area contributed by atoms with Crippen molar-refractivity contribution in [2.24, 2.45) is 0 Å². The van der Waals surface area contributed by atoms with Crippen molar-refractivity contribution in [3.05, 3.63) is 53.9 Å². The molecule has 2 aromatic rings. The highest BCUT2D eigenvalue weighted by Gasteiger charge is 1.91. The fourth-order valence-electron chi connectivity index (χ4n) is 1.19. The van der Waals surface area contributed by atoms with Crippen LogP contribution in [0.25, 0.3) is 0 Å². The van der Waals surface area contributed by atoms with E-state index in [9.17, 15) is 0 Å². The molecular formula is C15H22N2O2S. The highest BCUT2D eigenvalue weighted by molar-refractivity contribution is 7.99. The van der Waals surface area contributed by atoms with Gasteiger partial charge in [-0.25, -0.2) is 9.97 Å². The topological polar surface area (TPSA) is 66.2 Å². The molecule has 1 aromatic heterocycles. The van der Waals surface area contributed by atoms with Crippen LogP contribution in [0, 0.1) is 13.8 Å². The van der Waals surface area contributed by atoms with Crippen molar-refractivity contribution in [1.29, 1.82) is 0 Å². The first kappa shape index (κ1) is 18.6. The van der Waals surface area contributed by atoms with Gasteiger partial charge in [0.25, 0.3) is 0 Å². The molecule has 110 valence electrons. The number of hydrogen-bond donors (Lipinski definition) is 2. The molecule has 0 bridgehead atoms. The van der Waals surface area contributed by atoms with Gasteiger partial charge in [0, 0.05) is 18.1 Å². The molecule has 1 heterocycles. The van der Waals surface area contributed by atoms with Gasteiger partial charge in [0.1, 0.15) is 0 Å². The molecular weight excluding hydrogens is 272 g/mol. The van der Waals surface area contributed by atoms with E-state index in [1.165, 1.54) is 17.5 Å². The monoisotopic (exact) mass is 294 g/mol. The van der Waals surface area contributed by atoms with Gasteiger partial charge in [0.15, 0.2) is 5.16 Å². The van der Waals surface area contributed by atoms with Crippen molar-refractivity contribution < 1.29 is 10.5 Å². The van der Waals surface area contributed by atoms with Crippen LogP contribution in [-0.2, 0) is 0 Å². The van der Waals surface area contributed by atoms with Crippen LogP contribution in [0.4, 0.5) is 0 Å². The van der Waals surface area contributed by atoms with E-state index in [2.05, 4.69) is 55.0 Å². The normalized spacial score (nSPS) is 8.85. The Labute approximate surface area is 124 Å². The van der Waals surface area contributed by atoms with Gasteiger partial charge in [-0.2, -0.15) is 0 Å². The molecule has 0 fully saturated rings. The molecule has 0 aliphatic rings. The summed E-state index contributed by atoms with van der Waals surface area (Å²) in [6, 6.07) is 10.3. The number of nitrogens with zero attached hydrogens (tertiary/aromatic N) is 2. The molecule has 4 nitrogen and oxygen atoms in total. The summed E-state index contributed by atoms with van der Waals surface area (Å²) in [5.41, 5.74) is 2.66. The summed E-state index contributed by atoms with van der Waals surface area (Å²) < 4.78 is 0. The second-order valence-corrected chi connectivity index (χ2v) is 5.10. The Kier molecular flexibility index (Phi) is 11.7. The average molecular weight is 294 g/mol. The number of rotatable bonds is 3. The van der Waals surface area contributed by atoms with Gasteiger partial charge < -0.3 is 0 Å². The van der Waals surface area contributed by atoms with E-state index in [1.54, 1.807) is 24.2 Å². The van der Waals surface area contributed by atoms with Crippen molar-refractivity contribution in [2.75, 3.05) is 5.75 Å². The van der Waals surface area contributed by atoms with Crippen molar-refractivity contribution >= 4 is 11.8 Å². The smallest absolute Gasteiger partial charge is 0.187 e. The molecule has 0 radical (unpaired) electrons. The van der Waals surface area contributed by atoms with Crippen molar-refractivity contribution in [3.63, 3.8) is 0 Å². The van der Waals surface area contributed by atoms with E-state index in [-0.39, 0.29) is 0 Å². The zero-order valence-electron chi connectivity index (χ0n) is 12.2. The zero-order chi connectivity index (χ0) is 15.2. The third-order valence-corrected chi connectivity index (χ3v) is 3.28. The molecule has 2 rings (SSSR count). The lowest BCUT2D eigenvalue weighted by Crippen LogP contribution is -1.83. The van der Waals surface area contributed by atoms with E-state index in [4.69, 9.17) is 10.5 Å². The molecule has 0 saturated heterocycles. The molecule has 0 saturated carbocycles. The number of thioether (sulfide) groups is 1. The van der Waals surface area contributed by atoms with Crippen LogP contribution >= 0.6 is 11.8 Å². The summed E-state index contributed by atoms with van der Waals surface area (Å²) in [4.78, 5) is 8.14. The summed E-state index contributed by atoms with van der Waals surface area (Å²) in [6.07, 6.45) is 4.71. The second kappa shape index (κ2) is 12.6. The average Bonchev–Trinajstić information content (AvgIpc) is 2.52. The summed E-state index contributed by atoms with van der Waals surface area (Å²) in [5.74, 6) is 1.10. The van der Waals surface area contributed by atoms with Crippen LogP contribution in [0.5, 0.6) is 0 Å². The first-order valence-electron chi connectivity index (χ1n) is 6.35. The Morgan fingerprint density at radius 2 is 1.40 bits per heavy atom. The standard InChI is InChI=1S/C8H10.C7H10N2S.H2O2/c1-7-3-5-8(2)6-4-7;1-2-6-10-7-8-4-3-5-9-7;1-2/h3-6H,1-2H3;3-5H,2,6H2,1H3;1-2H. The summed E-state index contributed by atoms with van der Waals surface area (Å²) in [7, 11) is 0. The van der Waals surface area contributed by atoms with E-state index in [0.29, 0.717) is 0 Å². The maximum Gasteiger partial charge on any atom is 0.187 e. The number of hydrogen-bond acceptors (Lipinski definition) is 5. The van der Waals surface area contributed by atoms with Crippen molar-refractivity contribution in [1.82, 2.24) is 9.97 Å². The summed E-state index contributed by atoms with van der Waals surface area (Å²) in [6.45, 7) is 6.34. The van der Waals surface area contributed by atoms with Gasteiger partial charge in [-0.1, -0.05) is 54.1 Å². The molecule has 2 N–H and O–H groups in total. The maximum absolute atomic E-state index is 6.00. The molecule has 0 aliphatic heterocycles. The Hall–Kier alpha value is -1.43. The third kappa shape index (κ3) is 9.49. The molecule has 20 heavy (non-hydrogen) atoms. The van der Waals surface area contributed by atoms with Crippen LogP contribution in [0.15, 0.2) is 47.9 Å². The highest BCUT2D eigenvalue weighted by atomic mass is 32.2. The van der Waals surface area contributed by atoms with Crippen LogP contribution in [0.3, 0.4) is 0 Å². The van der Waals surface area contributed by atoms with Crippen LogP contribution in [0.1, 0.15) is 24.5 Å². The highest BCUT2D eigenvalue weighted by Crippen LogP contribution is 2.10. The predicted molar refractivity (Wildman–Crippen MR) is 84.2 cm³/mol. The third-order valence-electron chi connectivity index (χ3n) is 2.20. The fraction of sp³-hybridized carbons (Fsp3) is 0.333. The lowest BCUT2D eigenvalue weighted by molar-refractivity contribution is -0.176. The van der Waals surface area contributed by atoms with E-state index in [0.717, 1.165) is 10.9 Å². The molecule has 5 heteroatoms. The molecule has 0 amide bonds. The molecule has 0 unspecified atom stereocenters. The fourth-order valence-corrected chi connectivity index (χ4v) is 1.85. The number of aromatic nitrogens is 2. The van der Waals surface area contributed by atoms with E-state index in [1.807, 2.05) is 6.07 Å². The SMILES string of the molecule is CCCSc1ncccn1.Cc1ccc(C)cc1.OO. The van der Waals surface area contributed by atoms with Gasteiger partial charge in [-0.05, 0) is 26.3 Å². The van der Waals surface area contributed by atoms with Crippen LogP contribution in [-0.4, -0.2) is 26.2 Å². The summed E-state index contributed by atoms with van der Waals surface area (Å²) in [5, 5.41) is 12.9. The Morgan fingerprint density at radius 3 is 1.80 bits per heavy atom. The van der Waals surface area contributed by atoms with Gasteiger partial charge >= 0.3 is 0 Å². The van der Waals surface area contributed by atoms with E-state index < -0.39 is 0 Å². The lowest BCUT2D eigenvalue weighted by Gasteiger charge is -1.93. The molecule has 1 aromatic carbocycles. The largest absolute Gasteiger partial charge is 0.255 e. The minimum absolute atomic E-state index is 0.879. The minimum atomic E-state index is 0.879. The summed E-state index contributed by atoms with van der Waals surface area (Å²) >= 11 is 1.70. The Bertz CT molecular complexity index is 414.